The maximum absolute atomic E-state index is 13.1. The van der Waals surface area contributed by atoms with Crippen LogP contribution in [0, 0.1) is 5.82 Å². The van der Waals surface area contributed by atoms with E-state index in [1.165, 1.54) is 12.1 Å². The van der Waals surface area contributed by atoms with Gasteiger partial charge in [0.1, 0.15) is 17.5 Å². The number of hydrogen-bond acceptors (Lipinski definition) is 4. The number of rotatable bonds is 3. The van der Waals surface area contributed by atoms with Gasteiger partial charge in [0.15, 0.2) is 0 Å². The summed E-state index contributed by atoms with van der Waals surface area (Å²) in [5.74, 6) is 0.00591. The molecule has 0 saturated carbocycles. The van der Waals surface area contributed by atoms with Crippen molar-refractivity contribution in [2.45, 2.75) is 25.4 Å². The van der Waals surface area contributed by atoms with Crippen LogP contribution in [0.1, 0.15) is 39.7 Å². The first-order chi connectivity index (χ1) is 12.7. The quantitative estimate of drug-likeness (QED) is 0.849. The number of nitrogens with zero attached hydrogens (tertiary/aromatic N) is 2. The van der Waals surface area contributed by atoms with Gasteiger partial charge in [0.25, 0.3) is 5.91 Å². The lowest BCUT2D eigenvalue weighted by Gasteiger charge is -2.33. The van der Waals surface area contributed by atoms with Crippen LogP contribution in [0.4, 0.5) is 4.39 Å². The molecule has 4 rings (SSSR count). The Balaban J connectivity index is 1.57. The first-order valence-corrected chi connectivity index (χ1v) is 8.89. The van der Waals surface area contributed by atoms with Gasteiger partial charge in [-0.25, -0.2) is 9.37 Å². The fourth-order valence-electron chi connectivity index (χ4n) is 3.65. The standard InChI is InChI=1S/C20H21FN2O3/c1-25-19-16(11-14-3-2-4-17(14)22-19)20(24)23-9-10-26-18(12-23)13-5-7-15(21)8-6-13/h5-8,11,18H,2-4,9-10,12H2,1H3. The van der Waals surface area contributed by atoms with Crippen LogP contribution < -0.4 is 4.74 Å². The third-order valence-corrected chi connectivity index (χ3v) is 5.04. The predicted molar refractivity (Wildman–Crippen MR) is 93.8 cm³/mol. The average molecular weight is 356 g/mol. The molecule has 2 aliphatic rings. The molecule has 0 bridgehead atoms. The van der Waals surface area contributed by atoms with Crippen molar-refractivity contribution in [1.82, 2.24) is 9.88 Å². The molecule has 1 fully saturated rings. The lowest BCUT2D eigenvalue weighted by atomic mass is 10.1. The third-order valence-electron chi connectivity index (χ3n) is 5.04. The molecule has 136 valence electrons. The van der Waals surface area contributed by atoms with Crippen LogP contribution in [0.5, 0.6) is 5.88 Å². The van der Waals surface area contributed by atoms with Crippen LogP contribution in [-0.2, 0) is 17.6 Å². The summed E-state index contributed by atoms with van der Waals surface area (Å²) in [5.41, 5.74) is 3.54. The zero-order valence-electron chi connectivity index (χ0n) is 14.7. The molecule has 1 aliphatic heterocycles. The topological polar surface area (TPSA) is 51.7 Å². The van der Waals surface area contributed by atoms with E-state index in [2.05, 4.69) is 4.98 Å². The molecule has 1 aromatic carbocycles. The Labute approximate surface area is 151 Å². The molecular formula is C20H21FN2O3. The second-order valence-corrected chi connectivity index (χ2v) is 6.67. The van der Waals surface area contributed by atoms with Crippen molar-refractivity contribution in [3.63, 3.8) is 0 Å². The van der Waals surface area contributed by atoms with Gasteiger partial charge in [0, 0.05) is 12.2 Å². The highest BCUT2D eigenvalue weighted by atomic mass is 19.1. The van der Waals surface area contributed by atoms with E-state index in [0.717, 1.165) is 36.1 Å². The number of carbonyl (C=O) groups is 1. The maximum Gasteiger partial charge on any atom is 0.259 e. The zero-order chi connectivity index (χ0) is 18.1. The minimum atomic E-state index is -0.286. The van der Waals surface area contributed by atoms with Crippen molar-refractivity contribution in [3.05, 3.63) is 58.5 Å². The van der Waals surface area contributed by atoms with Gasteiger partial charge in [-0.1, -0.05) is 12.1 Å². The highest BCUT2D eigenvalue weighted by molar-refractivity contribution is 5.96. The van der Waals surface area contributed by atoms with E-state index in [1.54, 1.807) is 24.1 Å². The third kappa shape index (κ3) is 3.17. The number of carbonyl (C=O) groups excluding carboxylic acids is 1. The Morgan fingerprint density at radius 1 is 1.31 bits per heavy atom. The highest BCUT2D eigenvalue weighted by Crippen LogP contribution is 2.29. The van der Waals surface area contributed by atoms with Gasteiger partial charge >= 0.3 is 0 Å². The Morgan fingerprint density at radius 3 is 2.88 bits per heavy atom. The monoisotopic (exact) mass is 356 g/mol. The summed E-state index contributed by atoms with van der Waals surface area (Å²) in [6.07, 6.45) is 2.69. The minimum absolute atomic E-state index is 0.0977. The Kier molecular flexibility index (Phi) is 4.59. The number of morpholine rings is 1. The molecule has 0 spiro atoms. The van der Waals surface area contributed by atoms with E-state index in [9.17, 15) is 9.18 Å². The van der Waals surface area contributed by atoms with Gasteiger partial charge in [-0.3, -0.25) is 4.79 Å². The van der Waals surface area contributed by atoms with Gasteiger partial charge in [0.2, 0.25) is 5.88 Å². The van der Waals surface area contributed by atoms with Crippen molar-refractivity contribution in [1.29, 1.82) is 0 Å². The van der Waals surface area contributed by atoms with Crippen molar-refractivity contribution in [2.24, 2.45) is 0 Å². The molecule has 1 amide bonds. The lowest BCUT2D eigenvalue weighted by molar-refractivity contribution is -0.0229. The fourth-order valence-corrected chi connectivity index (χ4v) is 3.65. The summed E-state index contributed by atoms with van der Waals surface area (Å²) in [7, 11) is 1.54. The first-order valence-electron chi connectivity index (χ1n) is 8.89. The van der Waals surface area contributed by atoms with Crippen LogP contribution in [0.3, 0.4) is 0 Å². The molecule has 1 aliphatic carbocycles. The van der Waals surface area contributed by atoms with Crippen LogP contribution in [0.15, 0.2) is 30.3 Å². The smallest absolute Gasteiger partial charge is 0.259 e. The van der Waals surface area contributed by atoms with Crippen molar-refractivity contribution < 1.29 is 18.7 Å². The number of pyridine rings is 1. The summed E-state index contributed by atoms with van der Waals surface area (Å²) in [6.45, 7) is 1.37. The summed E-state index contributed by atoms with van der Waals surface area (Å²) in [6, 6.07) is 8.15. The van der Waals surface area contributed by atoms with Gasteiger partial charge in [0.05, 0.1) is 20.3 Å². The summed E-state index contributed by atoms with van der Waals surface area (Å²) < 4.78 is 24.3. The summed E-state index contributed by atoms with van der Waals surface area (Å²) in [5, 5.41) is 0. The molecule has 1 saturated heterocycles. The second kappa shape index (κ2) is 7.03. The SMILES string of the molecule is COc1nc2c(cc1C(=O)N1CCOC(c3ccc(F)cc3)C1)CCC2. The van der Waals surface area contributed by atoms with Crippen LogP contribution in [0.25, 0.3) is 0 Å². The van der Waals surface area contributed by atoms with Gasteiger partial charge < -0.3 is 14.4 Å². The first kappa shape index (κ1) is 17.0. The molecule has 1 unspecified atom stereocenters. The molecule has 1 aromatic heterocycles. The fraction of sp³-hybridized carbons (Fsp3) is 0.400. The Morgan fingerprint density at radius 2 is 2.12 bits per heavy atom. The number of hydrogen-bond donors (Lipinski definition) is 0. The largest absolute Gasteiger partial charge is 0.480 e. The summed E-state index contributed by atoms with van der Waals surface area (Å²) >= 11 is 0. The Bertz CT molecular complexity index is 823. The van der Waals surface area contributed by atoms with Crippen molar-refractivity contribution in [2.75, 3.05) is 26.8 Å². The average Bonchev–Trinajstić information content (AvgIpc) is 3.14. The number of benzene rings is 1. The van der Waals surface area contributed by atoms with E-state index in [1.807, 2.05) is 6.07 Å². The number of aromatic nitrogens is 1. The van der Waals surface area contributed by atoms with Gasteiger partial charge in [-0.2, -0.15) is 0 Å². The lowest BCUT2D eigenvalue weighted by Crippen LogP contribution is -2.42. The van der Waals surface area contributed by atoms with Crippen LogP contribution in [-0.4, -0.2) is 42.6 Å². The predicted octanol–water partition coefficient (Wildman–Crippen LogP) is 2.93. The Hall–Kier alpha value is -2.47. The van der Waals surface area contributed by atoms with Crippen LogP contribution >= 0.6 is 0 Å². The number of fused-ring (bicyclic) bond motifs is 1. The van der Waals surface area contributed by atoms with E-state index in [-0.39, 0.29) is 17.8 Å². The molecule has 26 heavy (non-hydrogen) atoms. The van der Waals surface area contributed by atoms with E-state index >= 15 is 0 Å². The summed E-state index contributed by atoms with van der Waals surface area (Å²) in [4.78, 5) is 19.4. The van der Waals surface area contributed by atoms with Gasteiger partial charge in [-0.15, -0.1) is 0 Å². The molecule has 0 radical (unpaired) electrons. The number of aryl methyl sites for hydroxylation is 2. The number of amides is 1. The molecule has 0 N–H and O–H groups in total. The molecule has 5 nitrogen and oxygen atoms in total. The molecular weight excluding hydrogens is 335 g/mol. The van der Waals surface area contributed by atoms with E-state index in [4.69, 9.17) is 9.47 Å². The highest BCUT2D eigenvalue weighted by Gasteiger charge is 2.29. The normalized spacial score (nSPS) is 19.3. The molecule has 2 heterocycles. The van der Waals surface area contributed by atoms with E-state index < -0.39 is 0 Å². The van der Waals surface area contributed by atoms with Crippen LogP contribution in [0.2, 0.25) is 0 Å². The minimum Gasteiger partial charge on any atom is -0.480 e. The van der Waals surface area contributed by atoms with Gasteiger partial charge in [-0.05, 0) is 48.6 Å². The van der Waals surface area contributed by atoms with Crippen molar-refractivity contribution in [3.8, 4) is 5.88 Å². The number of ether oxygens (including phenoxy) is 2. The zero-order valence-corrected chi connectivity index (χ0v) is 14.7. The number of methoxy groups -OCH3 is 1. The molecule has 6 heteroatoms. The maximum atomic E-state index is 13.1. The number of halogens is 1. The van der Waals surface area contributed by atoms with Crippen molar-refractivity contribution >= 4 is 5.91 Å². The molecule has 2 aromatic rings. The second-order valence-electron chi connectivity index (χ2n) is 6.67. The van der Waals surface area contributed by atoms with E-state index in [0.29, 0.717) is 31.1 Å². The molecule has 1 atom stereocenters.